The summed E-state index contributed by atoms with van der Waals surface area (Å²) in [6.07, 6.45) is 4.85. The van der Waals surface area contributed by atoms with E-state index in [1.54, 1.807) is 12.1 Å². The van der Waals surface area contributed by atoms with Crippen LogP contribution in [0.3, 0.4) is 0 Å². The molecule has 1 aromatic carbocycles. The number of ketones is 1. The summed E-state index contributed by atoms with van der Waals surface area (Å²) in [5.74, 6) is 0.0765. The van der Waals surface area contributed by atoms with Crippen LogP contribution in [-0.2, 0) is 6.42 Å². The number of benzene rings is 1. The van der Waals surface area contributed by atoms with E-state index in [9.17, 15) is 9.90 Å². The average Bonchev–Trinajstić information content (AvgIpc) is 2.87. The van der Waals surface area contributed by atoms with Crippen molar-refractivity contribution < 1.29 is 9.90 Å². The first-order valence-electron chi connectivity index (χ1n) is 7.85. The number of carbonyl (C=O) groups is 1. The van der Waals surface area contributed by atoms with Crippen molar-refractivity contribution in [3.63, 3.8) is 0 Å². The second kappa shape index (κ2) is 7.11. The van der Waals surface area contributed by atoms with Crippen molar-refractivity contribution in [2.24, 2.45) is 0 Å². The molecule has 5 heteroatoms. The molecule has 0 aliphatic heterocycles. The lowest BCUT2D eigenvalue weighted by Gasteiger charge is -2.07. The van der Waals surface area contributed by atoms with Crippen molar-refractivity contribution in [3.8, 4) is 5.75 Å². The maximum absolute atomic E-state index is 13.2. The zero-order valence-corrected chi connectivity index (χ0v) is 16.4. The van der Waals surface area contributed by atoms with Crippen molar-refractivity contribution in [1.82, 2.24) is 4.40 Å². The van der Waals surface area contributed by atoms with E-state index in [0.29, 0.717) is 15.7 Å². The summed E-state index contributed by atoms with van der Waals surface area (Å²) >= 11 is 6.96. The van der Waals surface area contributed by atoms with Crippen LogP contribution >= 0.6 is 31.9 Å². The van der Waals surface area contributed by atoms with E-state index in [1.807, 2.05) is 28.8 Å². The molecule has 0 spiro atoms. The van der Waals surface area contributed by atoms with Gasteiger partial charge in [-0.3, -0.25) is 4.79 Å². The highest BCUT2D eigenvalue weighted by molar-refractivity contribution is 9.11. The molecular formula is C19H17Br2NO2. The summed E-state index contributed by atoms with van der Waals surface area (Å²) in [5, 5.41) is 9.67. The fourth-order valence-electron chi connectivity index (χ4n) is 2.83. The van der Waals surface area contributed by atoms with E-state index in [4.69, 9.17) is 0 Å². The van der Waals surface area contributed by atoms with E-state index in [2.05, 4.69) is 38.8 Å². The van der Waals surface area contributed by atoms with Crippen molar-refractivity contribution in [2.75, 3.05) is 0 Å². The molecule has 24 heavy (non-hydrogen) atoms. The Hall–Kier alpha value is -1.59. The fraction of sp³-hybridized carbons (Fsp3) is 0.211. The minimum Gasteiger partial charge on any atom is -0.507 e. The Balaban J connectivity index is 2.19. The second-order valence-electron chi connectivity index (χ2n) is 5.70. The second-order valence-corrected chi connectivity index (χ2v) is 7.34. The van der Waals surface area contributed by atoms with E-state index in [-0.39, 0.29) is 11.5 Å². The van der Waals surface area contributed by atoms with Crippen LogP contribution in [0.2, 0.25) is 0 Å². The van der Waals surface area contributed by atoms with Crippen LogP contribution in [-0.4, -0.2) is 15.3 Å². The number of hydrogen-bond donors (Lipinski definition) is 1. The number of halogens is 2. The molecule has 0 unspecified atom stereocenters. The predicted molar refractivity (Wildman–Crippen MR) is 103 cm³/mol. The minimum absolute atomic E-state index is 0.0475. The first kappa shape index (κ1) is 17.2. The molecule has 2 aromatic heterocycles. The molecule has 0 aliphatic carbocycles. The molecule has 0 fully saturated rings. The third-order valence-corrected chi connectivity index (χ3v) is 5.60. The third-order valence-electron chi connectivity index (χ3n) is 4.08. The summed E-state index contributed by atoms with van der Waals surface area (Å²) in [6.45, 7) is 2.14. The molecule has 3 nitrogen and oxygen atoms in total. The molecule has 0 aliphatic rings. The Morgan fingerprint density at radius 2 is 2.00 bits per heavy atom. The zero-order valence-electron chi connectivity index (χ0n) is 13.2. The minimum atomic E-state index is -0.0475. The van der Waals surface area contributed by atoms with Crippen LogP contribution in [0, 0.1) is 0 Å². The maximum Gasteiger partial charge on any atom is 0.210 e. The third kappa shape index (κ3) is 3.03. The van der Waals surface area contributed by atoms with Gasteiger partial charge in [0.25, 0.3) is 0 Å². The molecule has 2 heterocycles. The number of pyridine rings is 1. The number of phenols is 1. The van der Waals surface area contributed by atoms with Crippen LogP contribution in [0.15, 0.2) is 51.5 Å². The largest absolute Gasteiger partial charge is 0.507 e. The van der Waals surface area contributed by atoms with Gasteiger partial charge in [-0.1, -0.05) is 19.4 Å². The van der Waals surface area contributed by atoms with Crippen molar-refractivity contribution in [1.29, 1.82) is 0 Å². The van der Waals surface area contributed by atoms with Gasteiger partial charge in [0.05, 0.1) is 15.7 Å². The fourth-order valence-corrected chi connectivity index (χ4v) is 3.92. The summed E-state index contributed by atoms with van der Waals surface area (Å²) in [4.78, 5) is 13.2. The highest BCUT2D eigenvalue weighted by Crippen LogP contribution is 2.33. The lowest BCUT2D eigenvalue weighted by atomic mass is 10.0. The molecular weight excluding hydrogens is 434 g/mol. The Labute approximate surface area is 157 Å². The number of hydrogen-bond acceptors (Lipinski definition) is 2. The molecule has 1 N–H and O–H groups in total. The Bertz CT molecular complexity index is 915. The number of aromatic nitrogens is 1. The van der Waals surface area contributed by atoms with Crippen LogP contribution in [0.5, 0.6) is 5.75 Å². The number of rotatable bonds is 5. The molecule has 0 atom stereocenters. The van der Waals surface area contributed by atoms with Crippen molar-refractivity contribution in [3.05, 3.63) is 68.4 Å². The highest BCUT2D eigenvalue weighted by Gasteiger charge is 2.23. The van der Waals surface area contributed by atoms with E-state index < -0.39 is 0 Å². The molecule has 0 radical (unpaired) electrons. The normalized spacial score (nSPS) is 11.1. The van der Waals surface area contributed by atoms with Gasteiger partial charge in [-0.25, -0.2) is 0 Å². The summed E-state index contributed by atoms with van der Waals surface area (Å²) in [5.41, 5.74) is 3.26. The zero-order chi connectivity index (χ0) is 17.3. The van der Waals surface area contributed by atoms with Crippen molar-refractivity contribution in [2.45, 2.75) is 26.2 Å². The van der Waals surface area contributed by atoms with E-state index >= 15 is 0 Å². The molecule has 124 valence electrons. The molecule has 0 bridgehead atoms. The van der Waals surface area contributed by atoms with Crippen LogP contribution in [0.25, 0.3) is 5.52 Å². The van der Waals surface area contributed by atoms with E-state index in [0.717, 1.165) is 34.8 Å². The molecule has 3 rings (SSSR count). The van der Waals surface area contributed by atoms with Gasteiger partial charge in [-0.2, -0.15) is 0 Å². The monoisotopic (exact) mass is 449 g/mol. The Morgan fingerprint density at radius 3 is 2.71 bits per heavy atom. The standard InChI is InChI=1S/C19H17Br2NO2/c1-2-3-6-13-17(21)15-7-4-5-10-22(15)18(13)19(24)12-8-9-16(23)14(20)11-12/h4-5,7-11,23H,2-3,6H2,1H3. The first-order chi connectivity index (χ1) is 11.5. The van der Waals surface area contributed by atoms with Crippen LogP contribution < -0.4 is 0 Å². The van der Waals surface area contributed by atoms with Gasteiger partial charge >= 0.3 is 0 Å². The predicted octanol–water partition coefficient (Wildman–Crippen LogP) is 5.74. The smallest absolute Gasteiger partial charge is 0.210 e. The first-order valence-corrected chi connectivity index (χ1v) is 9.43. The van der Waals surface area contributed by atoms with Gasteiger partial charge in [-0.05, 0) is 80.6 Å². The Kier molecular flexibility index (Phi) is 5.11. The van der Waals surface area contributed by atoms with Gasteiger partial charge in [0.15, 0.2) is 0 Å². The number of phenolic OH excluding ortho intramolecular Hbond substituents is 1. The molecule has 0 amide bonds. The quantitative estimate of drug-likeness (QED) is 0.503. The molecule has 3 aromatic rings. The number of unbranched alkanes of at least 4 members (excludes halogenated alkanes) is 1. The number of aromatic hydroxyl groups is 1. The average molecular weight is 451 g/mol. The van der Waals surface area contributed by atoms with Crippen LogP contribution in [0.1, 0.15) is 41.4 Å². The molecule has 0 saturated heterocycles. The topological polar surface area (TPSA) is 41.7 Å². The van der Waals surface area contributed by atoms with Crippen molar-refractivity contribution >= 4 is 43.2 Å². The summed E-state index contributed by atoms with van der Waals surface area (Å²) < 4.78 is 3.44. The maximum atomic E-state index is 13.2. The SMILES string of the molecule is CCCCc1c(Br)c2ccccn2c1C(=O)c1ccc(O)c(Br)c1. The Morgan fingerprint density at radius 1 is 1.21 bits per heavy atom. The van der Waals surface area contributed by atoms with Gasteiger partial charge in [0.2, 0.25) is 5.78 Å². The van der Waals surface area contributed by atoms with Crippen LogP contribution in [0.4, 0.5) is 0 Å². The summed E-state index contributed by atoms with van der Waals surface area (Å²) in [6, 6.07) is 10.7. The van der Waals surface area contributed by atoms with Gasteiger partial charge < -0.3 is 9.51 Å². The lowest BCUT2D eigenvalue weighted by Crippen LogP contribution is -2.08. The van der Waals surface area contributed by atoms with Gasteiger partial charge in [0.1, 0.15) is 5.75 Å². The number of carbonyl (C=O) groups excluding carboxylic acids is 1. The molecule has 0 saturated carbocycles. The van der Waals surface area contributed by atoms with Gasteiger partial charge in [0, 0.05) is 16.2 Å². The van der Waals surface area contributed by atoms with Gasteiger partial charge in [-0.15, -0.1) is 0 Å². The summed E-state index contributed by atoms with van der Waals surface area (Å²) in [7, 11) is 0. The number of fused-ring (bicyclic) bond motifs is 1. The van der Waals surface area contributed by atoms with E-state index in [1.165, 1.54) is 6.07 Å². The number of nitrogens with zero attached hydrogens (tertiary/aromatic N) is 1. The lowest BCUT2D eigenvalue weighted by molar-refractivity contribution is 0.103. The highest BCUT2D eigenvalue weighted by atomic mass is 79.9.